The highest BCUT2D eigenvalue weighted by Gasteiger charge is 2.18. The van der Waals surface area contributed by atoms with Gasteiger partial charge in [0.1, 0.15) is 0 Å². The molecule has 1 heterocycles. The first-order valence-corrected chi connectivity index (χ1v) is 6.36. The van der Waals surface area contributed by atoms with Crippen LogP contribution >= 0.6 is 15.9 Å². The van der Waals surface area contributed by atoms with Gasteiger partial charge in [-0.15, -0.1) is 0 Å². The maximum atomic E-state index is 9.85. The fourth-order valence-electron chi connectivity index (χ4n) is 1.30. The second kappa shape index (κ2) is 5.80. The van der Waals surface area contributed by atoms with Crippen molar-refractivity contribution in [3.63, 3.8) is 0 Å². The first-order valence-electron chi connectivity index (χ1n) is 5.56. The molecular weight excluding hydrogens is 270 g/mol. The lowest BCUT2D eigenvalue weighted by atomic mass is 10.0. The van der Waals surface area contributed by atoms with E-state index in [4.69, 9.17) is 0 Å². The van der Waals surface area contributed by atoms with E-state index in [0.29, 0.717) is 6.54 Å². The Morgan fingerprint density at radius 2 is 2.38 bits per heavy atom. The molecule has 0 saturated carbocycles. The highest BCUT2D eigenvalue weighted by atomic mass is 79.9. The van der Waals surface area contributed by atoms with Crippen molar-refractivity contribution in [3.8, 4) is 0 Å². The lowest BCUT2D eigenvalue weighted by Gasteiger charge is -2.24. The summed E-state index contributed by atoms with van der Waals surface area (Å²) in [5.74, 6) is 0. The second-order valence-electron chi connectivity index (χ2n) is 4.51. The number of aromatic nitrogens is 2. The molecular formula is C11H20BrN3O. The summed E-state index contributed by atoms with van der Waals surface area (Å²) in [5.41, 5.74) is -0.626. The Hall–Kier alpha value is -0.390. The Morgan fingerprint density at radius 3 is 2.88 bits per heavy atom. The van der Waals surface area contributed by atoms with Crippen molar-refractivity contribution < 1.29 is 5.11 Å². The van der Waals surface area contributed by atoms with Crippen LogP contribution < -0.4 is 5.32 Å². The Bertz CT molecular complexity index is 325. The molecule has 92 valence electrons. The highest BCUT2D eigenvalue weighted by Crippen LogP contribution is 2.08. The maximum Gasteiger partial charge on any atom is 0.0741 e. The van der Waals surface area contributed by atoms with E-state index in [-0.39, 0.29) is 6.04 Å². The molecule has 0 aliphatic rings. The molecule has 1 aromatic heterocycles. The van der Waals surface area contributed by atoms with Crippen LogP contribution in [-0.4, -0.2) is 33.1 Å². The quantitative estimate of drug-likeness (QED) is 0.839. The van der Waals surface area contributed by atoms with Gasteiger partial charge in [0.2, 0.25) is 0 Å². The van der Waals surface area contributed by atoms with E-state index in [1.807, 2.05) is 24.7 Å². The molecule has 0 fully saturated rings. The molecule has 2 unspecified atom stereocenters. The van der Waals surface area contributed by atoms with Gasteiger partial charge in [-0.05, 0) is 36.2 Å². The van der Waals surface area contributed by atoms with Gasteiger partial charge in [0.05, 0.1) is 22.8 Å². The van der Waals surface area contributed by atoms with Crippen molar-refractivity contribution in [2.45, 2.75) is 45.4 Å². The van der Waals surface area contributed by atoms with Crippen LogP contribution in [0.25, 0.3) is 0 Å². The Kier molecular flexibility index (Phi) is 4.95. The van der Waals surface area contributed by atoms with Crippen LogP contribution in [0.3, 0.4) is 0 Å². The van der Waals surface area contributed by atoms with Crippen LogP contribution in [0.1, 0.15) is 27.2 Å². The van der Waals surface area contributed by atoms with Crippen LogP contribution in [0, 0.1) is 0 Å². The van der Waals surface area contributed by atoms with E-state index >= 15 is 0 Å². The van der Waals surface area contributed by atoms with Crippen LogP contribution in [0.2, 0.25) is 0 Å². The van der Waals surface area contributed by atoms with E-state index in [2.05, 4.69) is 33.3 Å². The lowest BCUT2D eigenvalue weighted by Crippen LogP contribution is -2.42. The van der Waals surface area contributed by atoms with Gasteiger partial charge in [0, 0.05) is 18.8 Å². The first kappa shape index (κ1) is 13.7. The summed E-state index contributed by atoms with van der Waals surface area (Å²) >= 11 is 3.36. The number of aliphatic hydroxyl groups is 1. The molecule has 2 atom stereocenters. The van der Waals surface area contributed by atoms with Gasteiger partial charge in [0.15, 0.2) is 0 Å². The predicted molar refractivity (Wildman–Crippen MR) is 68.3 cm³/mol. The average molecular weight is 290 g/mol. The standard InChI is InChI=1S/C11H20BrN3O/c1-4-11(3,16)8-13-9(2)6-15-7-10(12)5-14-15/h5,7,9,13,16H,4,6,8H2,1-3H3. The molecule has 1 rings (SSSR count). The first-order chi connectivity index (χ1) is 7.43. The SMILES string of the molecule is CCC(C)(O)CNC(C)Cn1cc(Br)cn1. The van der Waals surface area contributed by atoms with E-state index in [1.54, 1.807) is 6.20 Å². The van der Waals surface area contributed by atoms with Crippen LogP contribution in [0.15, 0.2) is 16.9 Å². The van der Waals surface area contributed by atoms with E-state index in [1.165, 1.54) is 0 Å². The zero-order valence-corrected chi connectivity index (χ0v) is 11.7. The smallest absolute Gasteiger partial charge is 0.0741 e. The number of rotatable bonds is 6. The highest BCUT2D eigenvalue weighted by molar-refractivity contribution is 9.10. The zero-order chi connectivity index (χ0) is 12.2. The number of nitrogens with zero attached hydrogens (tertiary/aromatic N) is 2. The van der Waals surface area contributed by atoms with Crippen molar-refractivity contribution in [1.82, 2.24) is 15.1 Å². The minimum absolute atomic E-state index is 0.282. The van der Waals surface area contributed by atoms with Crippen molar-refractivity contribution in [1.29, 1.82) is 0 Å². The van der Waals surface area contributed by atoms with Gasteiger partial charge in [-0.25, -0.2) is 0 Å². The monoisotopic (exact) mass is 289 g/mol. The molecule has 0 spiro atoms. The second-order valence-corrected chi connectivity index (χ2v) is 5.43. The molecule has 1 aromatic rings. The topological polar surface area (TPSA) is 50.1 Å². The number of hydrogen-bond donors (Lipinski definition) is 2. The Labute approximate surface area is 105 Å². The van der Waals surface area contributed by atoms with Crippen LogP contribution in [0.5, 0.6) is 0 Å². The van der Waals surface area contributed by atoms with Gasteiger partial charge >= 0.3 is 0 Å². The zero-order valence-electron chi connectivity index (χ0n) is 10.1. The minimum atomic E-state index is -0.626. The molecule has 0 bridgehead atoms. The summed E-state index contributed by atoms with van der Waals surface area (Å²) in [6.45, 7) is 7.31. The van der Waals surface area contributed by atoms with Crippen molar-refractivity contribution >= 4 is 15.9 Å². The largest absolute Gasteiger partial charge is 0.389 e. The molecule has 2 N–H and O–H groups in total. The summed E-state index contributed by atoms with van der Waals surface area (Å²) in [7, 11) is 0. The third-order valence-electron chi connectivity index (χ3n) is 2.66. The van der Waals surface area contributed by atoms with E-state index < -0.39 is 5.60 Å². The molecule has 0 aliphatic heterocycles. The van der Waals surface area contributed by atoms with Gasteiger partial charge in [0.25, 0.3) is 0 Å². The van der Waals surface area contributed by atoms with Crippen LogP contribution in [0.4, 0.5) is 0 Å². The molecule has 0 saturated heterocycles. The molecule has 0 radical (unpaired) electrons. The summed E-state index contributed by atoms with van der Waals surface area (Å²) in [5, 5.41) is 17.3. The lowest BCUT2D eigenvalue weighted by molar-refractivity contribution is 0.0527. The van der Waals surface area contributed by atoms with E-state index in [9.17, 15) is 5.11 Å². The van der Waals surface area contributed by atoms with Gasteiger partial charge in [-0.2, -0.15) is 5.10 Å². The minimum Gasteiger partial charge on any atom is -0.389 e. The number of halogens is 1. The predicted octanol–water partition coefficient (Wildman–Crippen LogP) is 1.78. The third-order valence-corrected chi connectivity index (χ3v) is 3.07. The number of nitrogens with one attached hydrogen (secondary N) is 1. The van der Waals surface area contributed by atoms with Crippen molar-refractivity contribution in [2.24, 2.45) is 0 Å². The van der Waals surface area contributed by atoms with Gasteiger partial charge in [-0.1, -0.05) is 6.92 Å². The molecule has 0 amide bonds. The Morgan fingerprint density at radius 1 is 1.69 bits per heavy atom. The molecule has 5 heteroatoms. The number of hydrogen-bond acceptors (Lipinski definition) is 3. The van der Waals surface area contributed by atoms with Gasteiger partial charge < -0.3 is 10.4 Å². The summed E-state index contributed by atoms with van der Waals surface area (Å²) in [6, 6.07) is 0.282. The Balaban J connectivity index is 2.34. The van der Waals surface area contributed by atoms with Crippen LogP contribution in [-0.2, 0) is 6.54 Å². The molecule has 0 aliphatic carbocycles. The molecule has 0 aromatic carbocycles. The summed E-state index contributed by atoms with van der Waals surface area (Å²) in [4.78, 5) is 0. The third kappa shape index (κ3) is 4.63. The average Bonchev–Trinajstić information content (AvgIpc) is 2.61. The summed E-state index contributed by atoms with van der Waals surface area (Å²) in [6.07, 6.45) is 4.46. The molecule has 4 nitrogen and oxygen atoms in total. The fraction of sp³-hybridized carbons (Fsp3) is 0.727. The van der Waals surface area contributed by atoms with Crippen molar-refractivity contribution in [3.05, 3.63) is 16.9 Å². The summed E-state index contributed by atoms with van der Waals surface area (Å²) < 4.78 is 2.86. The van der Waals surface area contributed by atoms with Gasteiger partial charge in [-0.3, -0.25) is 4.68 Å². The maximum absolute atomic E-state index is 9.85. The van der Waals surface area contributed by atoms with Crippen molar-refractivity contribution in [2.75, 3.05) is 6.54 Å². The molecule has 16 heavy (non-hydrogen) atoms. The normalized spacial score (nSPS) is 17.1. The van der Waals surface area contributed by atoms with E-state index in [0.717, 1.165) is 17.4 Å². The fourth-order valence-corrected chi connectivity index (χ4v) is 1.63.